The van der Waals surface area contributed by atoms with Crippen LogP contribution >= 0.6 is 0 Å². The van der Waals surface area contributed by atoms with Crippen molar-refractivity contribution >= 4 is 17.5 Å². The minimum Gasteiger partial charge on any atom is -0.496 e. The molecule has 1 saturated carbocycles. The smallest absolute Gasteiger partial charge is 0.224 e. The van der Waals surface area contributed by atoms with E-state index < -0.39 is 11.6 Å². The number of carbonyl (C=O) groups is 1. The molecule has 1 aromatic carbocycles. The highest BCUT2D eigenvalue weighted by atomic mass is 19.1. The number of ketones is 1. The number of nitrogen functional groups attached to an aromatic ring is 1. The Balaban J connectivity index is 1.79. The monoisotopic (exact) mass is 359 g/mol. The largest absolute Gasteiger partial charge is 0.496 e. The van der Waals surface area contributed by atoms with Crippen molar-refractivity contribution < 1.29 is 13.9 Å². The Hall–Kier alpha value is -2.74. The lowest BCUT2D eigenvalue weighted by Gasteiger charge is -2.26. The van der Waals surface area contributed by atoms with Crippen LogP contribution in [0.15, 0.2) is 24.4 Å². The third-order valence-corrected chi connectivity index (χ3v) is 4.57. The summed E-state index contributed by atoms with van der Waals surface area (Å²) < 4.78 is 18.6. The molecule has 0 atom stereocenters. The van der Waals surface area contributed by atoms with E-state index in [-0.39, 0.29) is 34.8 Å². The van der Waals surface area contributed by atoms with E-state index in [1.165, 1.54) is 25.4 Å². The Morgan fingerprint density at radius 1 is 1.27 bits per heavy atom. The first-order valence-electron chi connectivity index (χ1n) is 8.50. The van der Waals surface area contributed by atoms with Crippen molar-refractivity contribution in [3.8, 4) is 5.75 Å². The molecule has 0 radical (unpaired) electrons. The lowest BCUT2D eigenvalue weighted by atomic mass is 9.92. The first-order valence-corrected chi connectivity index (χ1v) is 8.50. The Morgan fingerprint density at radius 2 is 2.00 bits per heavy atom. The van der Waals surface area contributed by atoms with Crippen molar-refractivity contribution in [2.45, 2.75) is 37.8 Å². The number of carbonyl (C=O) groups excluding carboxylic acids is 1. The lowest BCUT2D eigenvalue weighted by molar-refractivity contribution is 0.103. The van der Waals surface area contributed by atoms with Gasteiger partial charge in [-0.15, -0.1) is 0 Å². The van der Waals surface area contributed by atoms with Crippen LogP contribution in [0.1, 0.15) is 41.6 Å². The number of ether oxygens (including phenoxy) is 1. The average Bonchev–Trinajstić information content (AvgIpc) is 2.63. The Labute approximate surface area is 151 Å². The summed E-state index contributed by atoms with van der Waals surface area (Å²) in [4.78, 5) is 21.1. The van der Waals surface area contributed by atoms with E-state index in [4.69, 9.17) is 16.2 Å². The van der Waals surface area contributed by atoms with Gasteiger partial charge < -0.3 is 21.5 Å². The standard InChI is InChI=1S/C18H22FN5O2/c1-26-15-7-2-10(19)8-13(15)16(25)14-9-22-18(24-17(14)21)23-12-5-3-11(20)4-6-12/h2,7-9,11-12H,3-6,20H2,1H3,(H3,21,22,23,24). The second-order valence-corrected chi connectivity index (χ2v) is 6.42. The van der Waals surface area contributed by atoms with Crippen molar-refractivity contribution in [1.82, 2.24) is 9.97 Å². The van der Waals surface area contributed by atoms with Gasteiger partial charge in [-0.25, -0.2) is 9.37 Å². The van der Waals surface area contributed by atoms with Crippen LogP contribution in [0.3, 0.4) is 0 Å². The Bertz CT molecular complexity index is 806. The highest BCUT2D eigenvalue weighted by Gasteiger charge is 2.22. The van der Waals surface area contributed by atoms with Crippen LogP contribution in [0, 0.1) is 5.82 Å². The number of nitrogens with two attached hydrogens (primary N) is 2. The van der Waals surface area contributed by atoms with Gasteiger partial charge in [0.05, 0.1) is 18.2 Å². The molecule has 1 aromatic heterocycles. The first-order chi connectivity index (χ1) is 12.5. The third-order valence-electron chi connectivity index (χ3n) is 4.57. The quantitative estimate of drug-likeness (QED) is 0.700. The molecule has 1 aliphatic rings. The van der Waals surface area contributed by atoms with E-state index in [9.17, 15) is 9.18 Å². The molecular formula is C18H22FN5O2. The second kappa shape index (κ2) is 7.65. The fraction of sp³-hybridized carbons (Fsp3) is 0.389. The van der Waals surface area contributed by atoms with E-state index in [2.05, 4.69) is 15.3 Å². The zero-order valence-electron chi connectivity index (χ0n) is 14.5. The van der Waals surface area contributed by atoms with Gasteiger partial charge in [0.15, 0.2) is 0 Å². The molecule has 0 bridgehead atoms. The van der Waals surface area contributed by atoms with Crippen LogP contribution in [0.2, 0.25) is 0 Å². The van der Waals surface area contributed by atoms with E-state index in [0.717, 1.165) is 31.7 Å². The maximum Gasteiger partial charge on any atom is 0.224 e. The van der Waals surface area contributed by atoms with Crippen LogP contribution < -0.4 is 21.5 Å². The van der Waals surface area contributed by atoms with E-state index in [1.54, 1.807) is 0 Å². The van der Waals surface area contributed by atoms with Gasteiger partial charge in [0.25, 0.3) is 0 Å². The lowest BCUT2D eigenvalue weighted by Crippen LogP contribution is -2.33. The number of aromatic nitrogens is 2. The molecule has 8 heteroatoms. The summed E-state index contributed by atoms with van der Waals surface area (Å²) in [6, 6.07) is 4.21. The Kier molecular flexibility index (Phi) is 5.32. The topological polar surface area (TPSA) is 116 Å². The molecule has 7 nitrogen and oxygen atoms in total. The maximum atomic E-state index is 13.5. The van der Waals surface area contributed by atoms with Crippen LogP contribution in [0.25, 0.3) is 0 Å². The normalized spacial score (nSPS) is 19.8. The number of rotatable bonds is 5. The molecule has 138 valence electrons. The number of hydrogen-bond acceptors (Lipinski definition) is 7. The van der Waals surface area contributed by atoms with E-state index in [0.29, 0.717) is 5.95 Å². The average molecular weight is 359 g/mol. The van der Waals surface area contributed by atoms with Crippen LogP contribution in [-0.2, 0) is 0 Å². The summed E-state index contributed by atoms with van der Waals surface area (Å²) in [5, 5.41) is 3.23. The molecule has 0 spiro atoms. The molecule has 1 aliphatic carbocycles. The SMILES string of the molecule is COc1ccc(F)cc1C(=O)c1cnc(NC2CCC(N)CC2)nc1N. The molecular weight excluding hydrogens is 337 g/mol. The van der Waals surface area contributed by atoms with Crippen molar-refractivity contribution in [1.29, 1.82) is 0 Å². The van der Waals surface area contributed by atoms with Crippen molar-refractivity contribution in [3.05, 3.63) is 41.3 Å². The number of nitrogens with zero attached hydrogens (tertiary/aromatic N) is 2. The summed E-state index contributed by atoms with van der Waals surface area (Å²) in [5.74, 6) is -0.370. The molecule has 0 amide bonds. The van der Waals surface area contributed by atoms with Gasteiger partial charge >= 0.3 is 0 Å². The fourth-order valence-corrected chi connectivity index (χ4v) is 3.09. The highest BCUT2D eigenvalue weighted by molar-refractivity contribution is 6.13. The maximum absolute atomic E-state index is 13.5. The molecule has 3 rings (SSSR count). The minimum absolute atomic E-state index is 0.0336. The number of halogens is 1. The van der Waals surface area contributed by atoms with Crippen LogP contribution in [0.5, 0.6) is 5.75 Å². The first kappa shape index (κ1) is 18.1. The van der Waals surface area contributed by atoms with Crippen molar-refractivity contribution in [2.24, 2.45) is 5.73 Å². The van der Waals surface area contributed by atoms with Crippen molar-refractivity contribution in [3.63, 3.8) is 0 Å². The van der Waals surface area contributed by atoms with Gasteiger partial charge in [0, 0.05) is 18.3 Å². The molecule has 0 saturated heterocycles. The summed E-state index contributed by atoms with van der Waals surface area (Å²) in [6.45, 7) is 0. The Morgan fingerprint density at radius 3 is 2.65 bits per heavy atom. The molecule has 1 heterocycles. The van der Waals surface area contributed by atoms with Crippen LogP contribution in [0.4, 0.5) is 16.2 Å². The summed E-state index contributed by atoms with van der Waals surface area (Å²) >= 11 is 0. The predicted octanol–water partition coefficient (Wildman–Crippen LogP) is 2.12. The summed E-state index contributed by atoms with van der Waals surface area (Å²) in [5.41, 5.74) is 12.0. The molecule has 0 unspecified atom stereocenters. The van der Waals surface area contributed by atoms with E-state index >= 15 is 0 Å². The number of anilines is 2. The summed E-state index contributed by atoms with van der Waals surface area (Å²) in [6.07, 6.45) is 5.12. The molecule has 26 heavy (non-hydrogen) atoms. The zero-order valence-corrected chi connectivity index (χ0v) is 14.5. The number of benzene rings is 1. The third kappa shape index (κ3) is 3.91. The number of hydrogen-bond donors (Lipinski definition) is 3. The fourth-order valence-electron chi connectivity index (χ4n) is 3.09. The summed E-state index contributed by atoms with van der Waals surface area (Å²) in [7, 11) is 1.41. The highest BCUT2D eigenvalue weighted by Crippen LogP contribution is 2.25. The number of methoxy groups -OCH3 is 1. The zero-order chi connectivity index (χ0) is 18.7. The molecule has 2 aromatic rings. The molecule has 0 aliphatic heterocycles. The predicted molar refractivity (Wildman–Crippen MR) is 96.7 cm³/mol. The van der Waals surface area contributed by atoms with Gasteiger partial charge in [-0.3, -0.25) is 4.79 Å². The van der Waals surface area contributed by atoms with E-state index in [1.807, 2.05) is 0 Å². The minimum atomic E-state index is -0.539. The number of nitrogens with one attached hydrogen (secondary N) is 1. The second-order valence-electron chi connectivity index (χ2n) is 6.42. The molecule has 1 fully saturated rings. The van der Waals surface area contributed by atoms with Crippen LogP contribution in [-0.4, -0.2) is 34.9 Å². The van der Waals surface area contributed by atoms with Gasteiger partial charge in [0.1, 0.15) is 17.4 Å². The van der Waals surface area contributed by atoms with Gasteiger partial charge in [-0.1, -0.05) is 0 Å². The van der Waals surface area contributed by atoms with Gasteiger partial charge in [-0.2, -0.15) is 4.98 Å². The van der Waals surface area contributed by atoms with Gasteiger partial charge in [0.2, 0.25) is 11.7 Å². The van der Waals surface area contributed by atoms with Crippen molar-refractivity contribution in [2.75, 3.05) is 18.2 Å². The van der Waals surface area contributed by atoms with Gasteiger partial charge in [-0.05, 0) is 43.9 Å². The molecule has 5 N–H and O–H groups in total.